The van der Waals surface area contributed by atoms with Gasteiger partial charge in [0.1, 0.15) is 0 Å². The van der Waals surface area contributed by atoms with Crippen LogP contribution in [0.15, 0.2) is 48.5 Å². The van der Waals surface area contributed by atoms with Gasteiger partial charge in [0.15, 0.2) is 0 Å². The van der Waals surface area contributed by atoms with E-state index in [9.17, 15) is 9.90 Å². The van der Waals surface area contributed by atoms with Crippen molar-refractivity contribution >= 4 is 17.6 Å². The third-order valence-electron chi connectivity index (χ3n) is 7.60. The second-order valence-electron chi connectivity index (χ2n) is 11.0. The molecule has 3 N–H and O–H groups in total. The van der Waals surface area contributed by atoms with E-state index in [4.69, 9.17) is 16.3 Å². The maximum Gasteiger partial charge on any atom is 0.317 e. The Bertz CT molecular complexity index is 1020. The van der Waals surface area contributed by atoms with Gasteiger partial charge in [-0.25, -0.2) is 4.79 Å². The summed E-state index contributed by atoms with van der Waals surface area (Å²) in [5.41, 5.74) is 1.78. The molecule has 210 valence electrons. The number of amides is 2. The number of likely N-dealkylation sites (N-methyl/N-ethyl adjacent to an activating group) is 1. The molecule has 6 nitrogen and oxygen atoms in total. The molecule has 3 rings (SSSR count). The molecule has 3 atom stereocenters. The molecule has 0 radical (unpaired) electrons. The number of aliphatic hydroxyl groups is 1. The number of carbonyl (C=O) groups excluding carboxylic acids is 1. The summed E-state index contributed by atoms with van der Waals surface area (Å²) in [6.07, 6.45) is 4.94. The number of urea groups is 1. The monoisotopic (exact) mass is 543 g/mol. The fourth-order valence-electron chi connectivity index (χ4n) is 5.79. The van der Waals surface area contributed by atoms with Gasteiger partial charge in [-0.2, -0.15) is 0 Å². The predicted molar refractivity (Wildman–Crippen MR) is 157 cm³/mol. The third kappa shape index (κ3) is 8.19. The Morgan fingerprint density at radius 3 is 2.71 bits per heavy atom. The fraction of sp³-hybridized carbons (Fsp3) is 0.581. The van der Waals surface area contributed by atoms with Crippen molar-refractivity contribution in [3.63, 3.8) is 0 Å². The van der Waals surface area contributed by atoms with Crippen molar-refractivity contribution in [2.75, 3.05) is 40.4 Å². The van der Waals surface area contributed by atoms with Gasteiger partial charge in [0, 0.05) is 50.3 Å². The standard InChI is InChI=1S/C31H46ClN3O3/c1-23(2)19-27(21-33-3)34-30(36)35-17-10-12-25(22-35)31(37,16-7-8-18-38-4)29-15-6-5-14-28(29)24-11-9-13-26(32)20-24/h5-6,9,11,13-15,20,23,25,27,33,37H,7-8,10,12,16-19,21-22H2,1-4H3,(H,34,36)/t25-,27+,31+/m1/s1. The number of carbonyl (C=O) groups is 1. The highest BCUT2D eigenvalue weighted by atomic mass is 35.5. The minimum absolute atomic E-state index is 0.0412. The van der Waals surface area contributed by atoms with E-state index in [1.807, 2.05) is 54.4 Å². The van der Waals surface area contributed by atoms with Gasteiger partial charge in [0.25, 0.3) is 0 Å². The molecule has 0 saturated carbocycles. The quantitative estimate of drug-likeness (QED) is 0.268. The van der Waals surface area contributed by atoms with Gasteiger partial charge in [-0.05, 0) is 80.3 Å². The van der Waals surface area contributed by atoms with Crippen molar-refractivity contribution in [3.8, 4) is 11.1 Å². The molecule has 38 heavy (non-hydrogen) atoms. The average Bonchev–Trinajstić information content (AvgIpc) is 2.91. The first-order valence-electron chi connectivity index (χ1n) is 14.0. The number of hydrogen-bond donors (Lipinski definition) is 3. The maximum absolute atomic E-state index is 13.4. The summed E-state index contributed by atoms with van der Waals surface area (Å²) in [5, 5.41) is 19.7. The Hall–Kier alpha value is -2.12. The second-order valence-corrected chi connectivity index (χ2v) is 11.5. The first-order valence-corrected chi connectivity index (χ1v) is 14.4. The van der Waals surface area contributed by atoms with E-state index in [0.717, 1.165) is 55.3 Å². The largest absolute Gasteiger partial charge is 0.385 e. The molecule has 0 unspecified atom stereocenters. The summed E-state index contributed by atoms with van der Waals surface area (Å²) in [6.45, 7) is 6.96. The lowest BCUT2D eigenvalue weighted by Gasteiger charge is -2.44. The highest BCUT2D eigenvalue weighted by Crippen LogP contribution is 2.44. The zero-order valence-corrected chi connectivity index (χ0v) is 24.3. The lowest BCUT2D eigenvalue weighted by atomic mass is 9.72. The van der Waals surface area contributed by atoms with Gasteiger partial charge in [-0.3, -0.25) is 0 Å². The number of piperidine rings is 1. The second kappa shape index (κ2) is 14.9. The Balaban J connectivity index is 1.90. The van der Waals surface area contributed by atoms with Gasteiger partial charge in [0.05, 0.1) is 5.60 Å². The Morgan fingerprint density at radius 1 is 1.21 bits per heavy atom. The number of hydrogen-bond acceptors (Lipinski definition) is 4. The summed E-state index contributed by atoms with van der Waals surface area (Å²) in [5.74, 6) is 0.403. The first-order chi connectivity index (χ1) is 18.3. The molecule has 1 aliphatic rings. The topological polar surface area (TPSA) is 73.8 Å². The molecule has 2 amide bonds. The van der Waals surface area contributed by atoms with Crippen molar-refractivity contribution in [3.05, 3.63) is 59.1 Å². The van der Waals surface area contributed by atoms with E-state index >= 15 is 0 Å². The van der Waals surface area contributed by atoms with Crippen LogP contribution in [0.5, 0.6) is 0 Å². The van der Waals surface area contributed by atoms with Crippen molar-refractivity contribution in [1.82, 2.24) is 15.5 Å². The van der Waals surface area contributed by atoms with Crippen LogP contribution in [0.2, 0.25) is 5.02 Å². The predicted octanol–water partition coefficient (Wildman–Crippen LogP) is 6.07. The summed E-state index contributed by atoms with van der Waals surface area (Å²) in [7, 11) is 3.62. The van der Waals surface area contributed by atoms with Crippen LogP contribution in [-0.2, 0) is 10.3 Å². The first kappa shape index (κ1) is 30.4. The molecule has 1 saturated heterocycles. The van der Waals surface area contributed by atoms with Crippen LogP contribution in [0.1, 0.15) is 57.9 Å². The van der Waals surface area contributed by atoms with Gasteiger partial charge in [0.2, 0.25) is 0 Å². The molecule has 0 bridgehead atoms. The Kier molecular flexibility index (Phi) is 11.9. The molecule has 0 aromatic heterocycles. The lowest BCUT2D eigenvalue weighted by Crippen LogP contribution is -2.54. The number of benzene rings is 2. The fourth-order valence-corrected chi connectivity index (χ4v) is 5.98. The summed E-state index contributed by atoms with van der Waals surface area (Å²) < 4.78 is 5.28. The molecule has 1 aliphatic heterocycles. The van der Waals surface area contributed by atoms with Crippen LogP contribution in [-0.4, -0.2) is 62.5 Å². The number of rotatable bonds is 13. The summed E-state index contributed by atoms with van der Waals surface area (Å²) >= 11 is 6.35. The van der Waals surface area contributed by atoms with Crippen LogP contribution in [0, 0.1) is 11.8 Å². The number of likely N-dealkylation sites (tertiary alicyclic amines) is 1. The zero-order valence-electron chi connectivity index (χ0n) is 23.5. The van der Waals surface area contributed by atoms with E-state index in [-0.39, 0.29) is 18.0 Å². The number of nitrogens with one attached hydrogen (secondary N) is 2. The lowest BCUT2D eigenvalue weighted by molar-refractivity contribution is -0.0559. The van der Waals surface area contributed by atoms with Gasteiger partial charge in [-0.1, -0.05) is 61.8 Å². The van der Waals surface area contributed by atoms with Crippen molar-refractivity contribution in [2.24, 2.45) is 11.8 Å². The molecule has 0 spiro atoms. The van der Waals surface area contributed by atoms with Crippen LogP contribution in [0.25, 0.3) is 11.1 Å². The number of halogens is 1. The van der Waals surface area contributed by atoms with Crippen LogP contribution < -0.4 is 10.6 Å². The normalized spacial score (nSPS) is 18.3. The van der Waals surface area contributed by atoms with E-state index in [1.54, 1.807) is 7.11 Å². The highest BCUT2D eigenvalue weighted by molar-refractivity contribution is 6.30. The smallest absolute Gasteiger partial charge is 0.317 e. The molecule has 7 heteroatoms. The van der Waals surface area contributed by atoms with Gasteiger partial charge < -0.3 is 25.4 Å². The minimum Gasteiger partial charge on any atom is -0.385 e. The molecule has 1 heterocycles. The Labute approximate surface area is 234 Å². The average molecular weight is 544 g/mol. The van der Waals surface area contributed by atoms with Gasteiger partial charge in [-0.15, -0.1) is 0 Å². The molecule has 2 aromatic carbocycles. The number of methoxy groups -OCH3 is 1. The van der Waals surface area contributed by atoms with Gasteiger partial charge >= 0.3 is 6.03 Å². The SMILES string of the molecule is CNC[C@H](CC(C)C)NC(=O)N1CCC[C@@H]([C@@](O)(CCCCOC)c2ccccc2-c2cccc(Cl)c2)C1. The van der Waals surface area contributed by atoms with E-state index < -0.39 is 5.60 Å². The maximum atomic E-state index is 13.4. The molecular formula is C31H46ClN3O3. The summed E-state index contributed by atoms with van der Waals surface area (Å²) in [4.78, 5) is 15.3. The van der Waals surface area contributed by atoms with Crippen molar-refractivity contribution in [2.45, 2.75) is 64.0 Å². The third-order valence-corrected chi connectivity index (χ3v) is 7.84. The molecule has 0 aliphatic carbocycles. The van der Waals surface area contributed by atoms with E-state index in [0.29, 0.717) is 37.1 Å². The number of unbranched alkanes of at least 4 members (excludes halogenated alkanes) is 1. The number of nitrogens with zero attached hydrogens (tertiary/aromatic N) is 1. The van der Waals surface area contributed by atoms with Crippen LogP contribution in [0.3, 0.4) is 0 Å². The molecule has 1 fully saturated rings. The van der Waals surface area contributed by atoms with E-state index in [2.05, 4.69) is 30.5 Å². The minimum atomic E-state index is -1.09. The highest BCUT2D eigenvalue weighted by Gasteiger charge is 2.42. The molecular weight excluding hydrogens is 498 g/mol. The number of ether oxygens (including phenoxy) is 1. The van der Waals surface area contributed by atoms with E-state index in [1.165, 1.54) is 0 Å². The van der Waals surface area contributed by atoms with Crippen molar-refractivity contribution < 1.29 is 14.6 Å². The van der Waals surface area contributed by atoms with Crippen LogP contribution in [0.4, 0.5) is 4.79 Å². The molecule has 2 aromatic rings. The summed E-state index contributed by atoms with van der Waals surface area (Å²) in [6, 6.07) is 15.9. The zero-order chi connectivity index (χ0) is 27.5. The van der Waals surface area contributed by atoms with Crippen molar-refractivity contribution in [1.29, 1.82) is 0 Å². The van der Waals surface area contributed by atoms with Crippen LogP contribution >= 0.6 is 11.6 Å². The Morgan fingerprint density at radius 2 is 2.00 bits per heavy atom.